The van der Waals surface area contributed by atoms with E-state index in [4.69, 9.17) is 8.39 Å². The highest BCUT2D eigenvalue weighted by Crippen LogP contribution is 2.45. The van der Waals surface area contributed by atoms with Crippen LogP contribution in [0.2, 0.25) is 0 Å². The van der Waals surface area contributed by atoms with E-state index in [2.05, 4.69) is 92.5 Å². The highest BCUT2D eigenvalue weighted by molar-refractivity contribution is 9.11. The van der Waals surface area contributed by atoms with Crippen molar-refractivity contribution in [2.24, 2.45) is 0 Å². The fourth-order valence-corrected chi connectivity index (χ4v) is 5.96. The minimum absolute atomic E-state index is 0.820. The van der Waals surface area contributed by atoms with E-state index in [1.54, 1.807) is 0 Å². The molecule has 1 heterocycles. The Kier molecular flexibility index (Phi) is 4.52. The van der Waals surface area contributed by atoms with Gasteiger partial charge in [0.15, 0.2) is 11.2 Å². The van der Waals surface area contributed by atoms with Gasteiger partial charge in [0, 0.05) is 24.9 Å². The van der Waals surface area contributed by atoms with Crippen molar-refractivity contribution < 1.29 is 8.39 Å². The number of rotatable bonds is 1. The Morgan fingerprint density at radius 2 is 1.14 bits per heavy atom. The van der Waals surface area contributed by atoms with Gasteiger partial charge >= 0.3 is 8.16 Å². The quantitative estimate of drug-likeness (QED) is 0.224. The highest BCUT2D eigenvalue weighted by atomic mass is 79.9. The van der Waals surface area contributed by atoms with Gasteiger partial charge in [-0.25, -0.2) is 4.67 Å². The first-order valence-electron chi connectivity index (χ1n) is 8.81. The van der Waals surface area contributed by atoms with Gasteiger partial charge in [-0.1, -0.05) is 48.5 Å². The first-order chi connectivity index (χ1) is 13.5. The molecule has 0 aliphatic heterocycles. The second kappa shape index (κ2) is 6.93. The summed E-state index contributed by atoms with van der Waals surface area (Å²) in [6.07, 6.45) is 0. The van der Waals surface area contributed by atoms with E-state index >= 15 is 0 Å². The first kappa shape index (κ1) is 18.3. The summed E-state index contributed by atoms with van der Waals surface area (Å²) >= 11 is 7.50. The molecule has 0 N–H and O–H groups in total. The van der Waals surface area contributed by atoms with Gasteiger partial charge in [-0.2, -0.15) is 0 Å². The normalized spacial score (nSPS) is 11.9. The third-order valence-corrected chi connectivity index (χ3v) is 7.34. The molecule has 6 heteroatoms. The maximum Gasteiger partial charge on any atom is 0.309 e. The molecule has 0 unspecified atom stereocenters. The Morgan fingerprint density at radius 1 is 0.714 bits per heavy atom. The lowest BCUT2D eigenvalue weighted by atomic mass is 9.99. The molecule has 0 radical (unpaired) electrons. The fraction of sp³-hybridized carbons (Fsp3) is 0.0909. The van der Waals surface area contributed by atoms with Crippen molar-refractivity contribution in [3.05, 3.63) is 69.6 Å². The molecule has 0 amide bonds. The van der Waals surface area contributed by atoms with Crippen LogP contribution < -0.4 is 4.67 Å². The zero-order valence-corrected chi connectivity index (χ0v) is 19.3. The van der Waals surface area contributed by atoms with E-state index in [1.807, 2.05) is 18.8 Å². The number of halogens is 2. The minimum atomic E-state index is -1.30. The van der Waals surface area contributed by atoms with E-state index < -0.39 is 8.16 Å². The predicted molar refractivity (Wildman–Crippen MR) is 127 cm³/mol. The van der Waals surface area contributed by atoms with Crippen molar-refractivity contribution in [1.29, 1.82) is 0 Å². The van der Waals surface area contributed by atoms with Gasteiger partial charge in [0.05, 0.1) is 8.95 Å². The molecule has 0 saturated heterocycles. The molecule has 140 valence electrons. The Hall–Kier alpha value is -1.78. The Morgan fingerprint density at radius 3 is 1.57 bits per heavy atom. The van der Waals surface area contributed by atoms with Crippen LogP contribution in [0.4, 0.5) is 0 Å². The zero-order valence-electron chi connectivity index (χ0n) is 15.2. The lowest BCUT2D eigenvalue weighted by Gasteiger charge is -2.07. The maximum absolute atomic E-state index is 6.44. The van der Waals surface area contributed by atoms with Crippen LogP contribution in [0.1, 0.15) is 0 Å². The summed E-state index contributed by atoms with van der Waals surface area (Å²) in [5.74, 6) is 0. The highest BCUT2D eigenvalue weighted by Gasteiger charge is 2.17. The van der Waals surface area contributed by atoms with Crippen molar-refractivity contribution in [2.75, 3.05) is 18.8 Å². The molecule has 0 aliphatic carbocycles. The molecule has 5 rings (SSSR count). The van der Waals surface area contributed by atoms with Crippen LogP contribution in [0.5, 0.6) is 0 Å². The minimum Gasteiger partial charge on any atom is -0.407 e. The van der Waals surface area contributed by atoms with Gasteiger partial charge < -0.3 is 8.39 Å². The van der Waals surface area contributed by atoms with Crippen LogP contribution in [0.15, 0.2) is 78.0 Å². The first-order valence-corrected chi connectivity index (χ1v) is 11.5. The van der Waals surface area contributed by atoms with Crippen LogP contribution in [-0.2, 0) is 0 Å². The van der Waals surface area contributed by atoms with Crippen LogP contribution in [0.3, 0.4) is 0 Å². The average molecular weight is 517 g/mol. The maximum atomic E-state index is 6.44. The topological polar surface area (TPSA) is 29.5 Å². The molecule has 5 aromatic rings. The molecular weight excluding hydrogens is 501 g/mol. The monoisotopic (exact) mass is 515 g/mol. The molecule has 0 fully saturated rings. The van der Waals surface area contributed by atoms with Crippen LogP contribution in [0, 0.1) is 0 Å². The van der Waals surface area contributed by atoms with Gasteiger partial charge in [0.1, 0.15) is 0 Å². The van der Waals surface area contributed by atoms with Crippen molar-refractivity contribution in [2.45, 2.75) is 0 Å². The summed E-state index contributed by atoms with van der Waals surface area (Å²) in [5.41, 5.74) is 1.64. The van der Waals surface area contributed by atoms with Gasteiger partial charge in [-0.15, -0.1) is 0 Å². The molecule has 1 aromatic heterocycles. The molecule has 4 aromatic carbocycles. The van der Waals surface area contributed by atoms with Gasteiger partial charge in [-0.3, -0.25) is 0 Å². The second-order valence-corrected chi connectivity index (χ2v) is 10.2. The van der Waals surface area contributed by atoms with Gasteiger partial charge in [0.2, 0.25) is 0 Å². The molecule has 0 spiro atoms. The van der Waals surface area contributed by atoms with Crippen LogP contribution in [0.25, 0.3) is 43.5 Å². The lowest BCUT2D eigenvalue weighted by molar-refractivity contribution is 0.633. The third-order valence-electron chi connectivity index (χ3n) is 4.83. The Labute approximate surface area is 179 Å². The van der Waals surface area contributed by atoms with E-state index in [1.165, 1.54) is 0 Å². The Balaban J connectivity index is 2.24. The van der Waals surface area contributed by atoms with Crippen molar-refractivity contribution in [1.82, 2.24) is 0 Å². The summed E-state index contributed by atoms with van der Waals surface area (Å²) in [4.78, 5) is 0. The number of fused-ring (bicyclic) bond motifs is 7. The summed E-state index contributed by atoms with van der Waals surface area (Å²) < 4.78 is 16.7. The fourth-order valence-electron chi connectivity index (χ4n) is 3.60. The molecule has 0 saturated carbocycles. The number of benzene rings is 4. The second-order valence-electron chi connectivity index (χ2n) is 6.83. The van der Waals surface area contributed by atoms with Crippen molar-refractivity contribution in [3.63, 3.8) is 0 Å². The van der Waals surface area contributed by atoms with Gasteiger partial charge in [-0.05, 0) is 65.5 Å². The molecular formula is C22H16Br2NO2P. The molecule has 0 bridgehead atoms. The SMILES string of the molecule is CN(C)p1oc2c(Br)cc3ccccc3c2c2c(o1)c(Br)cc1ccccc12. The number of hydrogen-bond acceptors (Lipinski definition) is 3. The lowest BCUT2D eigenvalue weighted by Crippen LogP contribution is -2.02. The van der Waals surface area contributed by atoms with E-state index in [0.717, 1.165) is 52.4 Å². The van der Waals surface area contributed by atoms with Gasteiger partial charge in [0.25, 0.3) is 0 Å². The molecule has 0 aliphatic rings. The summed E-state index contributed by atoms with van der Waals surface area (Å²) in [6, 6.07) is 21.0. The van der Waals surface area contributed by atoms with E-state index in [0.29, 0.717) is 0 Å². The third kappa shape index (κ3) is 2.81. The Bertz CT molecular complexity index is 1320. The van der Waals surface area contributed by atoms with E-state index in [-0.39, 0.29) is 0 Å². The molecule has 28 heavy (non-hydrogen) atoms. The van der Waals surface area contributed by atoms with E-state index in [9.17, 15) is 0 Å². The zero-order chi connectivity index (χ0) is 19.4. The average Bonchev–Trinajstić information content (AvgIpc) is 2.87. The number of nitrogens with zero attached hydrogens (tertiary/aromatic N) is 1. The summed E-state index contributed by atoms with van der Waals surface area (Å²) in [5, 5.41) is 6.72. The summed E-state index contributed by atoms with van der Waals surface area (Å²) in [7, 11) is 2.64. The molecule has 3 nitrogen and oxygen atoms in total. The van der Waals surface area contributed by atoms with Crippen LogP contribution in [-0.4, -0.2) is 14.1 Å². The predicted octanol–water partition coefficient (Wildman–Crippen LogP) is 8.32. The standard InChI is InChI=1S/C22H16Br2NO2P/c1-25(2)28-26-21-17(23)11-13-7-3-5-9-15(13)19(21)20-16-10-6-4-8-14(16)12-18(24)22(20)27-28/h3-12H,1-2H3. The van der Waals surface area contributed by atoms with Crippen LogP contribution >= 0.6 is 40.0 Å². The summed E-state index contributed by atoms with van der Waals surface area (Å²) in [6.45, 7) is 0. The molecule has 0 atom stereocenters. The smallest absolute Gasteiger partial charge is 0.309 e. The largest absolute Gasteiger partial charge is 0.407 e. The van der Waals surface area contributed by atoms with Crippen molar-refractivity contribution >= 4 is 83.5 Å². The van der Waals surface area contributed by atoms with Crippen molar-refractivity contribution in [3.8, 4) is 0 Å². The number of hydrogen-bond donors (Lipinski definition) is 0.